The van der Waals surface area contributed by atoms with Crippen LogP contribution >= 0.6 is 0 Å². The van der Waals surface area contributed by atoms with Crippen molar-refractivity contribution in [1.82, 2.24) is 15.5 Å². The van der Waals surface area contributed by atoms with E-state index in [0.717, 1.165) is 37.0 Å². The lowest BCUT2D eigenvalue weighted by Gasteiger charge is -2.22. The van der Waals surface area contributed by atoms with E-state index in [1.165, 1.54) is 0 Å². The van der Waals surface area contributed by atoms with Crippen LogP contribution in [0.3, 0.4) is 0 Å². The van der Waals surface area contributed by atoms with Gasteiger partial charge in [0.25, 0.3) is 5.91 Å². The fourth-order valence-electron chi connectivity index (χ4n) is 3.91. The first-order valence-corrected chi connectivity index (χ1v) is 12.1. The Morgan fingerprint density at radius 1 is 1.09 bits per heavy atom. The fourth-order valence-corrected chi connectivity index (χ4v) is 3.91. The predicted molar refractivity (Wildman–Crippen MR) is 133 cm³/mol. The van der Waals surface area contributed by atoms with Crippen molar-refractivity contribution < 1.29 is 23.9 Å². The van der Waals surface area contributed by atoms with Crippen LogP contribution in [-0.2, 0) is 16.1 Å². The minimum Gasteiger partial charge on any atom is -0.497 e. The highest BCUT2D eigenvalue weighted by atomic mass is 16.5. The van der Waals surface area contributed by atoms with E-state index in [0.29, 0.717) is 31.0 Å². The Morgan fingerprint density at radius 3 is 2.60 bits per heavy atom. The summed E-state index contributed by atoms with van der Waals surface area (Å²) in [6.07, 6.45) is 4.14. The van der Waals surface area contributed by atoms with Gasteiger partial charge in [0.15, 0.2) is 0 Å². The molecule has 188 valence electrons. The van der Waals surface area contributed by atoms with Gasteiger partial charge in [0, 0.05) is 26.6 Å². The molecule has 0 aromatic heterocycles. The van der Waals surface area contributed by atoms with Gasteiger partial charge in [-0.05, 0) is 49.1 Å². The van der Waals surface area contributed by atoms with Crippen LogP contribution in [0, 0.1) is 0 Å². The maximum Gasteiger partial charge on any atom is 0.255 e. The Balaban J connectivity index is 1.74. The standard InChI is InChI=1S/C27H35N3O5/c1-30-17-7-3-4-8-18-35-24-10-6-5-9-22(24)26(32)29-23(15-16-25(30)31)27(33)28-19-20-11-13-21(34-2)14-12-20/h5-6,9-14,23H,3-4,7-8,15-19H2,1-2H3,(H,28,33)(H,29,32)/t23-/m0/s1. The molecule has 1 atom stereocenters. The Bertz CT molecular complexity index is 993. The number of hydrogen-bond donors (Lipinski definition) is 2. The van der Waals surface area contributed by atoms with Gasteiger partial charge in [-0.2, -0.15) is 0 Å². The van der Waals surface area contributed by atoms with Gasteiger partial charge in [0.1, 0.15) is 17.5 Å². The third-order valence-electron chi connectivity index (χ3n) is 6.10. The van der Waals surface area contributed by atoms with Crippen molar-refractivity contribution in [2.24, 2.45) is 0 Å². The van der Waals surface area contributed by atoms with Gasteiger partial charge in [-0.3, -0.25) is 14.4 Å². The Kier molecular flexibility index (Phi) is 9.95. The zero-order chi connectivity index (χ0) is 25.0. The van der Waals surface area contributed by atoms with Crippen LogP contribution in [0.2, 0.25) is 0 Å². The highest BCUT2D eigenvalue weighted by Gasteiger charge is 2.24. The molecule has 0 saturated carbocycles. The van der Waals surface area contributed by atoms with Gasteiger partial charge in [0.05, 0.1) is 19.3 Å². The summed E-state index contributed by atoms with van der Waals surface area (Å²) in [5.41, 5.74) is 1.27. The number of methoxy groups -OCH3 is 1. The van der Waals surface area contributed by atoms with E-state index in [2.05, 4.69) is 10.6 Å². The van der Waals surface area contributed by atoms with Crippen LogP contribution in [0.1, 0.15) is 54.4 Å². The summed E-state index contributed by atoms with van der Waals surface area (Å²) in [6.45, 7) is 1.47. The molecular weight excluding hydrogens is 446 g/mol. The Morgan fingerprint density at radius 2 is 1.83 bits per heavy atom. The van der Waals surface area contributed by atoms with Crippen LogP contribution < -0.4 is 20.1 Å². The molecule has 2 aromatic carbocycles. The molecule has 0 saturated heterocycles. The number of hydrogen-bond acceptors (Lipinski definition) is 5. The van der Waals surface area contributed by atoms with Crippen molar-refractivity contribution in [2.75, 3.05) is 27.3 Å². The van der Waals surface area contributed by atoms with Crippen LogP contribution in [0.25, 0.3) is 0 Å². The van der Waals surface area contributed by atoms with Crippen LogP contribution in [-0.4, -0.2) is 56.0 Å². The molecule has 1 aliphatic rings. The molecule has 2 aromatic rings. The summed E-state index contributed by atoms with van der Waals surface area (Å²) in [7, 11) is 3.38. The number of amides is 3. The van der Waals surface area contributed by atoms with Gasteiger partial charge in [-0.1, -0.05) is 37.1 Å². The molecule has 0 spiro atoms. The molecule has 0 unspecified atom stereocenters. The Labute approximate surface area is 207 Å². The smallest absolute Gasteiger partial charge is 0.255 e. The van der Waals surface area contributed by atoms with Crippen molar-refractivity contribution in [2.45, 2.75) is 51.1 Å². The van der Waals surface area contributed by atoms with Gasteiger partial charge in [0.2, 0.25) is 11.8 Å². The number of benzene rings is 2. The van der Waals surface area contributed by atoms with E-state index in [1.807, 2.05) is 30.3 Å². The first-order valence-electron chi connectivity index (χ1n) is 12.1. The van der Waals surface area contributed by atoms with Crippen molar-refractivity contribution in [3.63, 3.8) is 0 Å². The van der Waals surface area contributed by atoms with E-state index in [9.17, 15) is 14.4 Å². The van der Waals surface area contributed by atoms with E-state index in [4.69, 9.17) is 9.47 Å². The molecule has 1 heterocycles. The summed E-state index contributed by atoms with van der Waals surface area (Å²) in [6, 6.07) is 13.5. The third-order valence-corrected chi connectivity index (χ3v) is 6.10. The van der Waals surface area contributed by atoms with Crippen molar-refractivity contribution >= 4 is 17.7 Å². The van der Waals surface area contributed by atoms with Gasteiger partial charge in [-0.15, -0.1) is 0 Å². The minimum absolute atomic E-state index is 0.0389. The number of ether oxygens (including phenoxy) is 2. The average Bonchev–Trinajstić information content (AvgIpc) is 2.88. The molecule has 8 nitrogen and oxygen atoms in total. The molecule has 0 fully saturated rings. The molecule has 35 heavy (non-hydrogen) atoms. The molecule has 3 rings (SSSR count). The molecule has 8 heteroatoms. The van der Waals surface area contributed by atoms with E-state index in [-0.39, 0.29) is 24.7 Å². The van der Waals surface area contributed by atoms with Crippen LogP contribution in [0.5, 0.6) is 11.5 Å². The third kappa shape index (κ3) is 8.02. The molecule has 1 aliphatic heterocycles. The average molecular weight is 482 g/mol. The summed E-state index contributed by atoms with van der Waals surface area (Å²) >= 11 is 0. The normalized spacial score (nSPS) is 18.1. The zero-order valence-electron chi connectivity index (χ0n) is 20.5. The molecule has 2 N–H and O–H groups in total. The number of para-hydroxylation sites is 1. The number of carbonyl (C=O) groups excluding carboxylic acids is 3. The first kappa shape index (κ1) is 26.1. The van der Waals surface area contributed by atoms with E-state index >= 15 is 0 Å². The lowest BCUT2D eigenvalue weighted by Crippen LogP contribution is -2.47. The van der Waals surface area contributed by atoms with Crippen molar-refractivity contribution in [3.8, 4) is 11.5 Å². The lowest BCUT2D eigenvalue weighted by molar-refractivity contribution is -0.130. The second kappa shape index (κ2) is 13.4. The predicted octanol–water partition coefficient (Wildman–Crippen LogP) is 3.30. The quantitative estimate of drug-likeness (QED) is 0.699. The van der Waals surface area contributed by atoms with Crippen LogP contribution in [0.15, 0.2) is 48.5 Å². The summed E-state index contributed by atoms with van der Waals surface area (Å²) < 4.78 is 11.0. The van der Waals surface area contributed by atoms with Gasteiger partial charge >= 0.3 is 0 Å². The first-order chi connectivity index (χ1) is 17.0. The summed E-state index contributed by atoms with van der Waals surface area (Å²) in [5.74, 6) is 0.434. The Hall–Kier alpha value is -3.55. The molecule has 0 radical (unpaired) electrons. The van der Waals surface area contributed by atoms with Gasteiger partial charge in [-0.25, -0.2) is 0 Å². The summed E-state index contributed by atoms with van der Waals surface area (Å²) in [4.78, 5) is 40.5. The van der Waals surface area contributed by atoms with E-state index in [1.54, 1.807) is 37.3 Å². The number of nitrogens with zero attached hydrogens (tertiary/aromatic N) is 1. The van der Waals surface area contributed by atoms with Crippen molar-refractivity contribution in [3.05, 3.63) is 59.7 Å². The fraction of sp³-hybridized carbons (Fsp3) is 0.444. The van der Waals surface area contributed by atoms with Crippen LogP contribution in [0.4, 0.5) is 0 Å². The number of carbonyl (C=O) groups is 3. The highest BCUT2D eigenvalue weighted by molar-refractivity contribution is 5.99. The number of fused-ring (bicyclic) bond motifs is 1. The molecule has 0 bridgehead atoms. The summed E-state index contributed by atoms with van der Waals surface area (Å²) in [5, 5.41) is 5.70. The second-order valence-electron chi connectivity index (χ2n) is 8.70. The largest absolute Gasteiger partial charge is 0.497 e. The molecule has 3 amide bonds. The second-order valence-corrected chi connectivity index (χ2v) is 8.70. The van der Waals surface area contributed by atoms with Gasteiger partial charge < -0.3 is 25.0 Å². The SMILES string of the molecule is COc1ccc(CNC(=O)[C@@H]2CCC(=O)N(C)CCCCCCOc3ccccc3C(=O)N2)cc1. The maximum atomic E-state index is 13.1. The molecular formula is C27H35N3O5. The highest BCUT2D eigenvalue weighted by Crippen LogP contribution is 2.19. The number of nitrogens with one attached hydrogen (secondary N) is 2. The topological polar surface area (TPSA) is 97.0 Å². The number of rotatable bonds is 4. The maximum absolute atomic E-state index is 13.1. The zero-order valence-corrected chi connectivity index (χ0v) is 20.5. The minimum atomic E-state index is -0.862. The molecule has 0 aliphatic carbocycles. The van der Waals surface area contributed by atoms with Crippen molar-refractivity contribution in [1.29, 1.82) is 0 Å². The monoisotopic (exact) mass is 481 g/mol. The lowest BCUT2D eigenvalue weighted by atomic mass is 10.1. The van der Waals surface area contributed by atoms with E-state index < -0.39 is 11.9 Å².